The average Bonchev–Trinajstić information content (AvgIpc) is 3.11. The molecule has 0 fully saturated rings. The van der Waals surface area contributed by atoms with Gasteiger partial charge in [0.15, 0.2) is 0 Å². The molecule has 0 saturated carbocycles. The Kier molecular flexibility index (Phi) is 3.99. The third-order valence-corrected chi connectivity index (χ3v) is 4.31. The first-order valence-electron chi connectivity index (χ1n) is 8.25. The third-order valence-electron chi connectivity index (χ3n) is 4.31. The monoisotopic (exact) mass is 309 g/mol. The number of benzene rings is 3. The quantitative estimate of drug-likeness (QED) is 0.444. The summed E-state index contributed by atoms with van der Waals surface area (Å²) in [6.45, 7) is 0.892. The van der Waals surface area contributed by atoms with Crippen LogP contribution in [0.4, 0.5) is 0 Å². The molecule has 0 radical (unpaired) electrons. The average molecular weight is 309 g/mol. The van der Waals surface area contributed by atoms with Crippen LogP contribution in [-0.4, -0.2) is 4.57 Å². The molecule has 24 heavy (non-hydrogen) atoms. The normalized spacial score (nSPS) is 10.7. The number of aromatic nitrogens is 1. The van der Waals surface area contributed by atoms with E-state index in [0.717, 1.165) is 6.54 Å². The maximum atomic E-state index is 2.30. The van der Waals surface area contributed by atoms with E-state index in [1.165, 1.54) is 27.9 Å². The highest BCUT2D eigenvalue weighted by molar-refractivity contribution is 5.69. The first kappa shape index (κ1) is 14.5. The molecule has 3 aromatic carbocycles. The van der Waals surface area contributed by atoms with E-state index in [1.807, 2.05) is 6.07 Å². The molecule has 0 spiro atoms. The van der Waals surface area contributed by atoms with Gasteiger partial charge in [0.2, 0.25) is 0 Å². The molecule has 116 valence electrons. The van der Waals surface area contributed by atoms with Gasteiger partial charge in [0.05, 0.1) is 0 Å². The Morgan fingerprint density at radius 3 is 1.79 bits per heavy atom. The maximum Gasteiger partial charge on any atom is 0.0483 e. The van der Waals surface area contributed by atoms with E-state index in [2.05, 4.69) is 102 Å². The molecule has 0 aliphatic heterocycles. The van der Waals surface area contributed by atoms with Crippen molar-refractivity contribution in [1.29, 1.82) is 0 Å². The number of hydrogen-bond donors (Lipinski definition) is 0. The summed E-state index contributed by atoms with van der Waals surface area (Å²) >= 11 is 0. The maximum absolute atomic E-state index is 2.30. The smallest absolute Gasteiger partial charge is 0.0483 e. The van der Waals surface area contributed by atoms with Crippen LogP contribution in [-0.2, 0) is 6.54 Å². The second-order valence-electron chi connectivity index (χ2n) is 5.95. The summed E-state index contributed by atoms with van der Waals surface area (Å²) in [4.78, 5) is 0. The third kappa shape index (κ3) is 3.02. The van der Waals surface area contributed by atoms with Crippen molar-refractivity contribution in [2.45, 2.75) is 6.54 Å². The molecule has 0 aliphatic rings. The largest absolute Gasteiger partial charge is 0.343 e. The molecule has 1 nitrogen and oxygen atoms in total. The van der Waals surface area contributed by atoms with Crippen LogP contribution in [0.25, 0.3) is 22.4 Å². The molecular weight excluding hydrogens is 290 g/mol. The van der Waals surface area contributed by atoms with Crippen LogP contribution in [0.15, 0.2) is 103 Å². The Balaban J connectivity index is 1.62. The second-order valence-corrected chi connectivity index (χ2v) is 5.95. The zero-order valence-electron chi connectivity index (χ0n) is 13.5. The lowest BCUT2D eigenvalue weighted by atomic mass is 10.0. The number of hydrogen-bond acceptors (Lipinski definition) is 0. The van der Waals surface area contributed by atoms with E-state index >= 15 is 0 Å². The summed E-state index contributed by atoms with van der Waals surface area (Å²) in [6.07, 6.45) is 2.15. The van der Waals surface area contributed by atoms with Crippen molar-refractivity contribution in [3.05, 3.63) is 109 Å². The highest BCUT2D eigenvalue weighted by Gasteiger charge is 2.05. The summed E-state index contributed by atoms with van der Waals surface area (Å²) in [5.74, 6) is 0. The fourth-order valence-electron chi connectivity index (χ4n) is 3.06. The van der Waals surface area contributed by atoms with Gasteiger partial charge in [-0.05, 0) is 34.4 Å². The topological polar surface area (TPSA) is 4.93 Å². The number of nitrogens with zero attached hydrogens (tertiary/aromatic N) is 1. The summed E-state index contributed by atoms with van der Waals surface area (Å²) in [5.41, 5.74) is 6.31. The lowest BCUT2D eigenvalue weighted by Gasteiger charge is -2.10. The Hall–Kier alpha value is -3.06. The molecule has 1 aromatic heterocycles. The van der Waals surface area contributed by atoms with Gasteiger partial charge in [0, 0.05) is 18.4 Å². The van der Waals surface area contributed by atoms with Crippen molar-refractivity contribution in [1.82, 2.24) is 4.57 Å². The van der Waals surface area contributed by atoms with Crippen LogP contribution < -0.4 is 0 Å². The zero-order valence-corrected chi connectivity index (χ0v) is 13.5. The van der Waals surface area contributed by atoms with Crippen LogP contribution >= 0.6 is 0 Å². The predicted molar refractivity (Wildman–Crippen MR) is 101 cm³/mol. The molecule has 0 saturated heterocycles. The molecule has 0 aliphatic carbocycles. The van der Waals surface area contributed by atoms with E-state index < -0.39 is 0 Å². The predicted octanol–water partition coefficient (Wildman–Crippen LogP) is 5.87. The van der Waals surface area contributed by atoms with Crippen LogP contribution in [0, 0.1) is 0 Å². The molecule has 0 bridgehead atoms. The Bertz CT molecular complexity index is 903. The molecular formula is C23H19N. The van der Waals surface area contributed by atoms with E-state index in [-0.39, 0.29) is 0 Å². The summed E-state index contributed by atoms with van der Waals surface area (Å²) in [5, 5.41) is 0. The Morgan fingerprint density at radius 2 is 1.08 bits per heavy atom. The minimum Gasteiger partial charge on any atom is -0.343 e. The zero-order chi connectivity index (χ0) is 16.2. The van der Waals surface area contributed by atoms with Crippen molar-refractivity contribution in [3.63, 3.8) is 0 Å². The van der Waals surface area contributed by atoms with Gasteiger partial charge in [0.25, 0.3) is 0 Å². The van der Waals surface area contributed by atoms with Crippen LogP contribution in [0.5, 0.6) is 0 Å². The van der Waals surface area contributed by atoms with Gasteiger partial charge in [-0.2, -0.15) is 0 Å². The Morgan fingerprint density at radius 1 is 0.500 bits per heavy atom. The molecule has 0 atom stereocenters. The molecule has 4 aromatic rings. The van der Waals surface area contributed by atoms with Crippen LogP contribution in [0.3, 0.4) is 0 Å². The van der Waals surface area contributed by atoms with E-state index in [0.29, 0.717) is 0 Å². The van der Waals surface area contributed by atoms with Gasteiger partial charge in [-0.1, -0.05) is 84.9 Å². The van der Waals surface area contributed by atoms with E-state index in [9.17, 15) is 0 Å². The Labute approximate surface area is 142 Å². The molecule has 1 heterocycles. The number of rotatable bonds is 4. The minimum atomic E-state index is 0.892. The van der Waals surface area contributed by atoms with Gasteiger partial charge in [-0.3, -0.25) is 0 Å². The van der Waals surface area contributed by atoms with Gasteiger partial charge < -0.3 is 4.57 Å². The molecule has 0 amide bonds. The van der Waals surface area contributed by atoms with Crippen molar-refractivity contribution >= 4 is 0 Å². The van der Waals surface area contributed by atoms with Crippen molar-refractivity contribution < 1.29 is 0 Å². The van der Waals surface area contributed by atoms with Crippen LogP contribution in [0.2, 0.25) is 0 Å². The van der Waals surface area contributed by atoms with Crippen molar-refractivity contribution in [2.75, 3.05) is 0 Å². The lowest BCUT2D eigenvalue weighted by molar-refractivity contribution is 0.814. The first-order chi connectivity index (χ1) is 11.9. The van der Waals surface area contributed by atoms with Gasteiger partial charge >= 0.3 is 0 Å². The van der Waals surface area contributed by atoms with E-state index in [1.54, 1.807) is 0 Å². The lowest BCUT2D eigenvalue weighted by Crippen LogP contribution is -1.99. The highest BCUT2D eigenvalue weighted by Crippen LogP contribution is 2.25. The minimum absolute atomic E-state index is 0.892. The highest BCUT2D eigenvalue weighted by atomic mass is 15.0. The second kappa shape index (κ2) is 6.59. The molecule has 0 unspecified atom stereocenters. The molecule has 1 heteroatoms. The fraction of sp³-hybridized carbons (Fsp3) is 0.0435. The summed E-state index contributed by atoms with van der Waals surface area (Å²) in [7, 11) is 0. The SMILES string of the molecule is c1ccc(Cn2cccc2-c2ccc(-c3ccccc3)cc2)cc1. The van der Waals surface area contributed by atoms with Crippen molar-refractivity contribution in [3.8, 4) is 22.4 Å². The fourth-order valence-corrected chi connectivity index (χ4v) is 3.06. The van der Waals surface area contributed by atoms with Crippen LogP contribution in [0.1, 0.15) is 5.56 Å². The molecule has 4 rings (SSSR count). The first-order valence-corrected chi connectivity index (χ1v) is 8.25. The van der Waals surface area contributed by atoms with Gasteiger partial charge in [-0.25, -0.2) is 0 Å². The van der Waals surface area contributed by atoms with Crippen molar-refractivity contribution in [2.24, 2.45) is 0 Å². The van der Waals surface area contributed by atoms with E-state index in [4.69, 9.17) is 0 Å². The summed E-state index contributed by atoms with van der Waals surface area (Å²) < 4.78 is 2.30. The van der Waals surface area contributed by atoms with Gasteiger partial charge in [0.1, 0.15) is 0 Å². The van der Waals surface area contributed by atoms with Gasteiger partial charge in [-0.15, -0.1) is 0 Å². The standard InChI is InChI=1S/C23H19N/c1-3-8-19(9-4-1)18-24-17-7-12-23(24)22-15-13-21(14-16-22)20-10-5-2-6-11-20/h1-17H,18H2. The molecule has 0 N–H and O–H groups in total. The summed E-state index contributed by atoms with van der Waals surface area (Å²) in [6, 6.07) is 34.2.